The first-order chi connectivity index (χ1) is 7.97. The zero-order chi connectivity index (χ0) is 13.0. The van der Waals surface area contributed by atoms with E-state index < -0.39 is 12.2 Å². The fourth-order valence-electron chi connectivity index (χ4n) is 1.55. The summed E-state index contributed by atoms with van der Waals surface area (Å²) in [4.78, 5) is 0. The molecule has 2 N–H and O–H groups in total. The molecule has 0 bridgehead atoms. The minimum absolute atomic E-state index is 0.398. The Morgan fingerprint density at radius 3 is 2.24 bits per heavy atom. The van der Waals surface area contributed by atoms with Crippen molar-refractivity contribution in [2.45, 2.75) is 38.4 Å². The molecular weight excluding hydrogens is 282 g/mol. The molecule has 0 aliphatic rings. The van der Waals surface area contributed by atoms with Gasteiger partial charge in [-0.2, -0.15) is 0 Å². The fourth-order valence-corrected chi connectivity index (χ4v) is 2.29. The molecule has 1 aromatic carbocycles. The lowest BCUT2D eigenvalue weighted by Crippen LogP contribution is -2.25. The van der Waals surface area contributed by atoms with Crippen LogP contribution < -0.4 is 0 Å². The Balaban J connectivity index is 2.72. The number of rotatable bonds is 5. The van der Waals surface area contributed by atoms with E-state index in [9.17, 15) is 10.2 Å². The number of benzene rings is 1. The molecular formula is C12H15Cl3O2. The maximum atomic E-state index is 9.66. The highest BCUT2D eigenvalue weighted by molar-refractivity contribution is 6.44. The second-order valence-corrected chi connectivity index (χ2v) is 5.10. The summed E-state index contributed by atoms with van der Waals surface area (Å²) >= 11 is 17.9. The topological polar surface area (TPSA) is 40.5 Å². The van der Waals surface area contributed by atoms with Crippen LogP contribution in [0.2, 0.25) is 15.1 Å². The van der Waals surface area contributed by atoms with Crippen LogP contribution in [0.15, 0.2) is 12.1 Å². The van der Waals surface area contributed by atoms with Gasteiger partial charge in [0.05, 0.1) is 22.3 Å². The van der Waals surface area contributed by atoms with Crippen LogP contribution in [-0.2, 0) is 6.42 Å². The Morgan fingerprint density at radius 1 is 1.06 bits per heavy atom. The van der Waals surface area contributed by atoms with Gasteiger partial charge >= 0.3 is 0 Å². The molecule has 0 spiro atoms. The normalized spacial score (nSPS) is 14.7. The molecule has 0 saturated carbocycles. The second-order valence-electron chi connectivity index (χ2n) is 3.90. The van der Waals surface area contributed by atoms with Crippen LogP contribution in [0.25, 0.3) is 0 Å². The maximum Gasteiger partial charge on any atom is 0.0802 e. The molecule has 2 atom stereocenters. The van der Waals surface area contributed by atoms with E-state index >= 15 is 0 Å². The number of hydrogen-bond donors (Lipinski definition) is 2. The highest BCUT2D eigenvalue weighted by Gasteiger charge is 2.16. The van der Waals surface area contributed by atoms with Crippen molar-refractivity contribution >= 4 is 34.8 Å². The number of aliphatic hydroxyl groups is 2. The fraction of sp³-hybridized carbons (Fsp3) is 0.500. The van der Waals surface area contributed by atoms with E-state index in [-0.39, 0.29) is 0 Å². The monoisotopic (exact) mass is 296 g/mol. The predicted octanol–water partition coefficient (Wildman–Crippen LogP) is 3.71. The summed E-state index contributed by atoms with van der Waals surface area (Å²) in [7, 11) is 0. The molecule has 0 aliphatic carbocycles. The van der Waals surface area contributed by atoms with E-state index in [0.29, 0.717) is 39.9 Å². The van der Waals surface area contributed by atoms with Gasteiger partial charge in [-0.05, 0) is 37.0 Å². The standard InChI is InChI=1S/C12H15Cl3O2/c1-2-10(16)11(17)6-3-7-8(13)4-5-9(14)12(7)15/h4-5,10-11,16-17H,2-3,6H2,1H3. The lowest BCUT2D eigenvalue weighted by atomic mass is 10.0. The molecule has 0 radical (unpaired) electrons. The van der Waals surface area contributed by atoms with Crippen LogP contribution in [0.3, 0.4) is 0 Å². The Morgan fingerprint density at radius 2 is 1.65 bits per heavy atom. The molecule has 0 amide bonds. The van der Waals surface area contributed by atoms with Gasteiger partial charge in [0.2, 0.25) is 0 Å². The van der Waals surface area contributed by atoms with Gasteiger partial charge in [0, 0.05) is 5.02 Å². The van der Waals surface area contributed by atoms with Gasteiger partial charge < -0.3 is 10.2 Å². The van der Waals surface area contributed by atoms with Crippen LogP contribution in [0.5, 0.6) is 0 Å². The molecule has 1 rings (SSSR count). The molecule has 0 heterocycles. The van der Waals surface area contributed by atoms with E-state index in [1.54, 1.807) is 12.1 Å². The summed E-state index contributed by atoms with van der Waals surface area (Å²) in [6.45, 7) is 1.81. The minimum atomic E-state index is -0.772. The number of halogens is 3. The van der Waals surface area contributed by atoms with Crippen molar-refractivity contribution in [2.24, 2.45) is 0 Å². The van der Waals surface area contributed by atoms with Crippen molar-refractivity contribution < 1.29 is 10.2 Å². The Bertz CT molecular complexity index is 382. The van der Waals surface area contributed by atoms with Crippen LogP contribution in [-0.4, -0.2) is 22.4 Å². The zero-order valence-electron chi connectivity index (χ0n) is 9.46. The average Bonchev–Trinajstić information content (AvgIpc) is 2.32. The van der Waals surface area contributed by atoms with Gasteiger partial charge in [0.1, 0.15) is 0 Å². The summed E-state index contributed by atoms with van der Waals surface area (Å²) in [5.74, 6) is 0. The van der Waals surface area contributed by atoms with E-state index in [0.717, 1.165) is 0 Å². The first-order valence-corrected chi connectivity index (χ1v) is 6.59. The van der Waals surface area contributed by atoms with Gasteiger partial charge in [-0.25, -0.2) is 0 Å². The van der Waals surface area contributed by atoms with E-state index in [4.69, 9.17) is 34.8 Å². The molecule has 17 heavy (non-hydrogen) atoms. The largest absolute Gasteiger partial charge is 0.390 e. The summed E-state index contributed by atoms with van der Waals surface area (Å²) < 4.78 is 0. The lowest BCUT2D eigenvalue weighted by Gasteiger charge is -2.17. The molecule has 96 valence electrons. The SMILES string of the molecule is CCC(O)C(O)CCc1c(Cl)ccc(Cl)c1Cl. The van der Waals surface area contributed by atoms with E-state index in [1.165, 1.54) is 0 Å². The third-order valence-electron chi connectivity index (χ3n) is 2.69. The first-order valence-electron chi connectivity index (χ1n) is 5.45. The zero-order valence-corrected chi connectivity index (χ0v) is 11.7. The summed E-state index contributed by atoms with van der Waals surface area (Å²) in [5.41, 5.74) is 0.711. The van der Waals surface area contributed by atoms with Crippen molar-refractivity contribution in [1.82, 2.24) is 0 Å². The average molecular weight is 298 g/mol. The first kappa shape index (κ1) is 15.1. The Hall–Kier alpha value is 0.01000. The smallest absolute Gasteiger partial charge is 0.0802 e. The van der Waals surface area contributed by atoms with Crippen molar-refractivity contribution in [2.75, 3.05) is 0 Å². The van der Waals surface area contributed by atoms with Crippen molar-refractivity contribution in [3.05, 3.63) is 32.8 Å². The lowest BCUT2D eigenvalue weighted by molar-refractivity contribution is 0.0130. The summed E-state index contributed by atoms with van der Waals surface area (Å²) in [6.07, 6.45) is -0.0958. The highest BCUT2D eigenvalue weighted by Crippen LogP contribution is 2.32. The summed E-state index contributed by atoms with van der Waals surface area (Å²) in [6, 6.07) is 3.31. The number of hydrogen-bond acceptors (Lipinski definition) is 2. The third-order valence-corrected chi connectivity index (χ3v) is 3.89. The molecule has 5 heteroatoms. The van der Waals surface area contributed by atoms with Crippen molar-refractivity contribution in [3.8, 4) is 0 Å². The van der Waals surface area contributed by atoms with Gasteiger partial charge in [-0.15, -0.1) is 0 Å². The van der Waals surface area contributed by atoms with Gasteiger partial charge in [-0.1, -0.05) is 41.7 Å². The molecule has 0 aromatic heterocycles. The van der Waals surface area contributed by atoms with Crippen molar-refractivity contribution in [1.29, 1.82) is 0 Å². The maximum absolute atomic E-state index is 9.66. The quantitative estimate of drug-likeness (QED) is 0.813. The Kier molecular flexibility index (Phi) is 6.04. The van der Waals surface area contributed by atoms with Crippen LogP contribution in [0.4, 0.5) is 0 Å². The molecule has 0 aliphatic heterocycles. The second kappa shape index (κ2) is 6.81. The molecule has 2 nitrogen and oxygen atoms in total. The van der Waals surface area contributed by atoms with Crippen LogP contribution >= 0.6 is 34.8 Å². The molecule has 0 saturated heterocycles. The van der Waals surface area contributed by atoms with Crippen LogP contribution in [0.1, 0.15) is 25.3 Å². The highest BCUT2D eigenvalue weighted by atomic mass is 35.5. The minimum Gasteiger partial charge on any atom is -0.390 e. The predicted molar refractivity (Wildman–Crippen MR) is 72.1 cm³/mol. The van der Waals surface area contributed by atoms with E-state index in [2.05, 4.69) is 0 Å². The number of aliphatic hydroxyl groups excluding tert-OH is 2. The third kappa shape index (κ3) is 4.01. The molecule has 0 fully saturated rings. The van der Waals surface area contributed by atoms with E-state index in [1.807, 2.05) is 6.92 Å². The van der Waals surface area contributed by atoms with Crippen LogP contribution in [0, 0.1) is 0 Å². The van der Waals surface area contributed by atoms with Gasteiger partial charge in [-0.3, -0.25) is 0 Å². The van der Waals surface area contributed by atoms with Crippen molar-refractivity contribution in [3.63, 3.8) is 0 Å². The molecule has 2 unspecified atom stereocenters. The van der Waals surface area contributed by atoms with Gasteiger partial charge in [0.15, 0.2) is 0 Å². The summed E-state index contributed by atoms with van der Waals surface area (Å²) in [5, 5.41) is 20.5. The van der Waals surface area contributed by atoms with Gasteiger partial charge in [0.25, 0.3) is 0 Å². The molecule has 1 aromatic rings. The Labute approximate surface area is 116 Å².